The summed E-state index contributed by atoms with van der Waals surface area (Å²) in [5.41, 5.74) is 2.14. The van der Waals surface area contributed by atoms with Crippen molar-refractivity contribution >= 4 is 17.5 Å². The number of hydrogen-bond acceptors (Lipinski definition) is 2. The Morgan fingerprint density at radius 3 is 2.59 bits per heavy atom. The fraction of sp³-hybridized carbons (Fsp3) is 0.222. The first-order valence-electron chi connectivity index (χ1n) is 7.17. The van der Waals surface area contributed by atoms with Gasteiger partial charge in [0.15, 0.2) is 0 Å². The summed E-state index contributed by atoms with van der Waals surface area (Å²) in [4.78, 5) is 12.5. The number of nitriles is 1. The molecule has 1 N–H and O–H groups in total. The van der Waals surface area contributed by atoms with Crippen molar-refractivity contribution in [2.24, 2.45) is 0 Å². The van der Waals surface area contributed by atoms with Crippen molar-refractivity contribution < 1.29 is 4.79 Å². The molecular formula is C18H15ClN2O. The van der Waals surface area contributed by atoms with Crippen LogP contribution in [-0.2, 0) is 16.8 Å². The Kier molecular flexibility index (Phi) is 3.87. The molecular weight excluding hydrogens is 296 g/mol. The first-order chi connectivity index (χ1) is 10.6. The number of nitrogens with one attached hydrogen (secondary N) is 1. The molecule has 0 heterocycles. The lowest BCUT2D eigenvalue weighted by molar-refractivity contribution is -0.123. The summed E-state index contributed by atoms with van der Waals surface area (Å²) in [5, 5.41) is 12.6. The third-order valence-corrected chi connectivity index (χ3v) is 4.34. The summed E-state index contributed by atoms with van der Waals surface area (Å²) >= 11 is 5.90. The first kappa shape index (κ1) is 14.6. The van der Waals surface area contributed by atoms with E-state index < -0.39 is 5.41 Å². The molecule has 3 nitrogen and oxygen atoms in total. The third kappa shape index (κ3) is 2.84. The van der Waals surface area contributed by atoms with Crippen LogP contribution in [-0.4, -0.2) is 5.91 Å². The molecule has 0 aromatic heterocycles. The summed E-state index contributed by atoms with van der Waals surface area (Å²) in [6, 6.07) is 16.9. The van der Waals surface area contributed by atoms with E-state index in [-0.39, 0.29) is 5.91 Å². The van der Waals surface area contributed by atoms with Gasteiger partial charge in [-0.1, -0.05) is 35.9 Å². The van der Waals surface area contributed by atoms with Crippen LogP contribution in [0.3, 0.4) is 0 Å². The van der Waals surface area contributed by atoms with E-state index in [1.165, 1.54) is 0 Å². The molecule has 2 aromatic carbocycles. The van der Waals surface area contributed by atoms with E-state index in [4.69, 9.17) is 16.9 Å². The Morgan fingerprint density at radius 1 is 1.23 bits per heavy atom. The molecule has 0 unspecified atom stereocenters. The smallest absolute Gasteiger partial charge is 0.230 e. The second kappa shape index (κ2) is 5.82. The van der Waals surface area contributed by atoms with Crippen LogP contribution >= 0.6 is 11.6 Å². The van der Waals surface area contributed by atoms with Gasteiger partial charge in [0.05, 0.1) is 17.0 Å². The number of halogens is 1. The highest BCUT2D eigenvalue weighted by Crippen LogP contribution is 2.48. The van der Waals surface area contributed by atoms with E-state index in [9.17, 15) is 4.79 Å². The van der Waals surface area contributed by atoms with Crippen molar-refractivity contribution in [1.29, 1.82) is 5.26 Å². The van der Waals surface area contributed by atoms with E-state index >= 15 is 0 Å². The lowest BCUT2D eigenvalue weighted by Crippen LogP contribution is -2.34. The standard InChI is InChI=1S/C18H15ClN2O/c19-16-6-4-15(5-7-16)18(8-9-18)17(22)21-12-14-3-1-2-13(10-14)11-20/h1-7,10H,8-9,12H2,(H,21,22). The molecule has 1 aliphatic rings. The van der Waals surface area contributed by atoms with E-state index in [1.54, 1.807) is 12.1 Å². The Morgan fingerprint density at radius 2 is 1.95 bits per heavy atom. The van der Waals surface area contributed by atoms with Crippen LogP contribution in [0.25, 0.3) is 0 Å². The van der Waals surface area contributed by atoms with Crippen LogP contribution < -0.4 is 5.32 Å². The fourth-order valence-corrected chi connectivity index (χ4v) is 2.77. The summed E-state index contributed by atoms with van der Waals surface area (Å²) < 4.78 is 0. The van der Waals surface area contributed by atoms with Crippen molar-refractivity contribution in [1.82, 2.24) is 5.32 Å². The van der Waals surface area contributed by atoms with Crippen molar-refractivity contribution in [2.45, 2.75) is 24.8 Å². The molecule has 2 aromatic rings. The average Bonchev–Trinajstić information content (AvgIpc) is 3.35. The predicted octanol–water partition coefficient (Wildman–Crippen LogP) is 3.56. The number of carbonyl (C=O) groups excluding carboxylic acids is 1. The number of benzene rings is 2. The lowest BCUT2D eigenvalue weighted by Gasteiger charge is -2.16. The van der Waals surface area contributed by atoms with Gasteiger partial charge in [-0.05, 0) is 48.2 Å². The first-order valence-corrected chi connectivity index (χ1v) is 7.55. The van der Waals surface area contributed by atoms with Crippen LogP contribution in [0.1, 0.15) is 29.5 Å². The highest BCUT2D eigenvalue weighted by Gasteiger charge is 2.50. The number of carbonyl (C=O) groups is 1. The number of hydrogen-bond donors (Lipinski definition) is 1. The molecule has 22 heavy (non-hydrogen) atoms. The summed E-state index contributed by atoms with van der Waals surface area (Å²) in [5.74, 6) is 0.0391. The van der Waals surface area contributed by atoms with Crippen LogP contribution in [0.2, 0.25) is 5.02 Å². The van der Waals surface area contributed by atoms with E-state index in [0.717, 1.165) is 24.0 Å². The molecule has 1 amide bonds. The SMILES string of the molecule is N#Cc1cccc(CNC(=O)C2(c3ccc(Cl)cc3)CC2)c1. The third-order valence-electron chi connectivity index (χ3n) is 4.09. The van der Waals surface area contributed by atoms with Gasteiger partial charge in [0.25, 0.3) is 0 Å². The predicted molar refractivity (Wildman–Crippen MR) is 85.4 cm³/mol. The number of nitrogens with zero attached hydrogens (tertiary/aromatic N) is 1. The Balaban J connectivity index is 1.69. The second-order valence-electron chi connectivity index (χ2n) is 5.58. The maximum Gasteiger partial charge on any atom is 0.230 e. The van der Waals surface area contributed by atoms with Crippen LogP contribution in [0, 0.1) is 11.3 Å². The minimum absolute atomic E-state index is 0.0391. The van der Waals surface area contributed by atoms with Gasteiger partial charge in [-0.2, -0.15) is 5.26 Å². The zero-order valence-corrected chi connectivity index (χ0v) is 12.7. The van der Waals surface area contributed by atoms with Crippen molar-refractivity contribution in [3.8, 4) is 6.07 Å². The molecule has 0 saturated heterocycles. The van der Waals surface area contributed by atoms with E-state index in [1.807, 2.05) is 36.4 Å². The van der Waals surface area contributed by atoms with Crippen molar-refractivity contribution in [3.63, 3.8) is 0 Å². The fourth-order valence-electron chi connectivity index (χ4n) is 2.64. The van der Waals surface area contributed by atoms with E-state index in [0.29, 0.717) is 17.1 Å². The van der Waals surface area contributed by atoms with Gasteiger partial charge >= 0.3 is 0 Å². The average molecular weight is 311 g/mol. The van der Waals surface area contributed by atoms with Crippen LogP contribution in [0.5, 0.6) is 0 Å². The van der Waals surface area contributed by atoms with Crippen molar-refractivity contribution in [3.05, 3.63) is 70.2 Å². The summed E-state index contributed by atoms with van der Waals surface area (Å²) in [7, 11) is 0. The molecule has 4 heteroatoms. The Hall–Kier alpha value is -2.31. The highest BCUT2D eigenvalue weighted by molar-refractivity contribution is 6.30. The highest BCUT2D eigenvalue weighted by atomic mass is 35.5. The molecule has 3 rings (SSSR count). The van der Waals surface area contributed by atoms with Crippen molar-refractivity contribution in [2.75, 3.05) is 0 Å². The van der Waals surface area contributed by atoms with Gasteiger partial charge in [-0.25, -0.2) is 0 Å². The number of amides is 1. The zero-order chi connectivity index (χ0) is 15.6. The normalized spacial score (nSPS) is 14.9. The molecule has 0 spiro atoms. The van der Waals surface area contributed by atoms with Gasteiger partial charge in [0, 0.05) is 11.6 Å². The van der Waals surface area contributed by atoms with Crippen LogP contribution in [0.15, 0.2) is 48.5 Å². The van der Waals surface area contributed by atoms with Gasteiger partial charge in [-0.3, -0.25) is 4.79 Å². The maximum absolute atomic E-state index is 12.5. The summed E-state index contributed by atoms with van der Waals surface area (Å²) in [6.45, 7) is 0.434. The quantitative estimate of drug-likeness (QED) is 0.938. The molecule has 1 fully saturated rings. The van der Waals surface area contributed by atoms with E-state index in [2.05, 4.69) is 11.4 Å². The minimum Gasteiger partial charge on any atom is -0.351 e. The van der Waals surface area contributed by atoms with Gasteiger partial charge < -0.3 is 5.32 Å². The molecule has 1 aliphatic carbocycles. The zero-order valence-electron chi connectivity index (χ0n) is 12.0. The van der Waals surface area contributed by atoms with Crippen LogP contribution in [0.4, 0.5) is 0 Å². The largest absolute Gasteiger partial charge is 0.351 e. The molecule has 0 bridgehead atoms. The Bertz CT molecular complexity index is 742. The molecule has 0 radical (unpaired) electrons. The minimum atomic E-state index is -0.405. The van der Waals surface area contributed by atoms with Gasteiger partial charge in [-0.15, -0.1) is 0 Å². The lowest BCUT2D eigenvalue weighted by atomic mass is 9.95. The Labute approximate surface area is 134 Å². The number of rotatable bonds is 4. The molecule has 0 aliphatic heterocycles. The topological polar surface area (TPSA) is 52.9 Å². The molecule has 1 saturated carbocycles. The monoisotopic (exact) mass is 310 g/mol. The summed E-state index contributed by atoms with van der Waals surface area (Å²) in [6.07, 6.45) is 1.72. The van der Waals surface area contributed by atoms with Gasteiger partial charge in [0.1, 0.15) is 0 Å². The maximum atomic E-state index is 12.5. The molecule has 0 atom stereocenters. The second-order valence-corrected chi connectivity index (χ2v) is 6.02. The molecule has 110 valence electrons. The van der Waals surface area contributed by atoms with Gasteiger partial charge in [0.2, 0.25) is 5.91 Å².